The third-order valence-electron chi connectivity index (χ3n) is 12.0. The van der Waals surface area contributed by atoms with Gasteiger partial charge in [-0.2, -0.15) is 0 Å². The summed E-state index contributed by atoms with van der Waals surface area (Å²) in [4.78, 5) is 0. The van der Waals surface area contributed by atoms with E-state index in [0.29, 0.717) is 0 Å². The molecule has 0 saturated heterocycles. The summed E-state index contributed by atoms with van der Waals surface area (Å²) in [6, 6.07) is 35.8. The second-order valence-corrected chi connectivity index (χ2v) is 46.6. The summed E-state index contributed by atoms with van der Waals surface area (Å²) in [6.45, 7) is 15.8. The van der Waals surface area contributed by atoms with E-state index in [9.17, 15) is 0 Å². The van der Waals surface area contributed by atoms with Gasteiger partial charge in [0.25, 0.3) is 0 Å². The zero-order valence-corrected chi connectivity index (χ0v) is 37.6. The normalized spacial score (nSPS) is 16.3. The van der Waals surface area contributed by atoms with Gasteiger partial charge in [-0.3, -0.25) is 0 Å². The van der Waals surface area contributed by atoms with Gasteiger partial charge in [0, 0.05) is 0 Å². The van der Waals surface area contributed by atoms with Crippen LogP contribution in [0.25, 0.3) is 45.6 Å². The third kappa shape index (κ3) is 6.38. The van der Waals surface area contributed by atoms with Crippen molar-refractivity contribution in [3.05, 3.63) is 165 Å². The number of hydrogen-bond donors (Lipinski definition) is 0. The minimum absolute atomic E-state index is 0. The molecule has 2 aliphatic carbocycles. The maximum absolute atomic E-state index is 6.72. The van der Waals surface area contributed by atoms with Crippen LogP contribution in [-0.4, -0.2) is 6.88 Å². The van der Waals surface area contributed by atoms with Gasteiger partial charge in [-0.15, -0.1) is 24.8 Å². The van der Waals surface area contributed by atoms with Crippen LogP contribution in [0.3, 0.4) is 0 Å². The second kappa shape index (κ2) is 14.3. The van der Waals surface area contributed by atoms with E-state index in [1.807, 2.05) is 0 Å². The van der Waals surface area contributed by atoms with E-state index in [0.717, 1.165) is 29.5 Å². The van der Waals surface area contributed by atoms with Crippen LogP contribution < -0.4 is 0 Å². The quantitative estimate of drug-likeness (QED) is 0.150. The summed E-state index contributed by atoms with van der Waals surface area (Å²) in [6.07, 6.45) is 5.88. The minimum Gasteiger partial charge on any atom is -0.147 e. The Morgan fingerprint density at radius 2 is 1.02 bits per heavy atom. The standard InChI is InChI=1S/C23H21O.C22H19O.2CH3.2ClH.H2Si.Zr/c1-4-20-10-11-22(24-20)19-13-18-12-15(2)16(3)23(21(18)14-19)17-8-6-5-7-9-17;1-14-11-18-12-19(21-10-9-15(2)23-21)13-20(18)22(16(14)3)17-7-5-4-6-8-17;;;;;;/h5-14H,4H2,1-3H3;4-13H,1-3H3;2*1H3;2*1H;1H2;. The molecule has 2 aromatic heterocycles. The van der Waals surface area contributed by atoms with Crippen LogP contribution in [0.2, 0.25) is 9.26 Å². The molecule has 0 bridgehead atoms. The van der Waals surface area contributed by atoms with Crippen molar-refractivity contribution in [2.24, 2.45) is 0 Å². The summed E-state index contributed by atoms with van der Waals surface area (Å²) >= 11 is -4.19. The maximum atomic E-state index is 6.72. The molecule has 6 aromatic rings. The van der Waals surface area contributed by atoms with Gasteiger partial charge in [0.15, 0.2) is 0 Å². The van der Waals surface area contributed by atoms with Crippen LogP contribution in [0, 0.1) is 34.6 Å². The van der Waals surface area contributed by atoms with E-state index >= 15 is 0 Å². The average molecular weight is 837 g/mol. The van der Waals surface area contributed by atoms with Gasteiger partial charge in [0.1, 0.15) is 0 Å². The summed E-state index contributed by atoms with van der Waals surface area (Å²) in [7, 11) is 0. The zero-order valence-electron chi connectivity index (χ0n) is 32.1. The van der Waals surface area contributed by atoms with Crippen molar-refractivity contribution in [1.82, 2.24) is 0 Å². The van der Waals surface area contributed by atoms with Crippen molar-refractivity contribution in [2.45, 2.75) is 64.5 Å². The van der Waals surface area contributed by atoms with Crippen molar-refractivity contribution in [3.8, 4) is 22.3 Å². The molecule has 272 valence electrons. The first-order valence-corrected chi connectivity index (χ1v) is 32.1. The molecule has 0 spiro atoms. The Bertz CT molecular complexity index is 2490. The molecule has 0 radical (unpaired) electrons. The second-order valence-electron chi connectivity index (χ2n) is 16.2. The van der Waals surface area contributed by atoms with Gasteiger partial charge in [-0.25, -0.2) is 0 Å². The molecule has 4 aromatic carbocycles. The minimum atomic E-state index is -4.19. The number of furan rings is 2. The Morgan fingerprint density at radius 3 is 1.42 bits per heavy atom. The Morgan fingerprint density at radius 1 is 0.585 bits per heavy atom. The van der Waals surface area contributed by atoms with Crippen LogP contribution in [0.4, 0.5) is 0 Å². The molecule has 0 N–H and O–H groups in total. The van der Waals surface area contributed by atoms with Gasteiger partial charge < -0.3 is 0 Å². The van der Waals surface area contributed by atoms with Gasteiger partial charge >= 0.3 is 308 Å². The van der Waals surface area contributed by atoms with Crippen LogP contribution in [0.1, 0.15) is 81.7 Å². The molecule has 2 atom stereocenters. The molecule has 6 heteroatoms. The number of hydrogen-bond acceptors (Lipinski definition) is 2. The molecule has 0 aliphatic heterocycles. The molecule has 53 heavy (non-hydrogen) atoms. The number of allylic oxidation sites excluding steroid dienone is 2. The van der Waals surface area contributed by atoms with E-state index in [-0.39, 0.29) is 32.1 Å². The largest absolute Gasteiger partial charge is 0.147 e. The van der Waals surface area contributed by atoms with E-state index in [1.54, 1.807) is 0 Å². The molecule has 0 amide bonds. The predicted octanol–water partition coefficient (Wildman–Crippen LogP) is 13.4. The van der Waals surface area contributed by atoms with E-state index in [4.69, 9.17) is 8.83 Å². The Kier molecular flexibility index (Phi) is 10.6. The fourth-order valence-electron chi connectivity index (χ4n) is 9.43. The van der Waals surface area contributed by atoms with Gasteiger partial charge in [-0.1, -0.05) is 0 Å². The first-order chi connectivity index (χ1) is 24.4. The number of benzene rings is 4. The average Bonchev–Trinajstić information content (AvgIpc) is 3.91. The van der Waals surface area contributed by atoms with Gasteiger partial charge in [0.05, 0.1) is 0 Å². The SMILES string of the molecule is CCc1ccc(C2=Cc3c(cc(C)c(C)c3-c3ccccc3)[CH]2[Zr]([CH3])([CH3])(=[SiH2])[CH]2C(c3ccc(C)o3)=Cc3c2cc(C)c(C)c3-c2ccccc2)o1.Cl.Cl. The van der Waals surface area contributed by atoms with Crippen molar-refractivity contribution < 1.29 is 26.2 Å². The van der Waals surface area contributed by atoms with E-state index in [1.165, 1.54) is 77.9 Å². The Labute approximate surface area is 330 Å². The molecule has 8 rings (SSSR count). The van der Waals surface area contributed by atoms with Crippen LogP contribution in [0.5, 0.6) is 0 Å². The summed E-state index contributed by atoms with van der Waals surface area (Å²) in [5, 5.41) is 0. The number of aryl methyl sites for hydroxylation is 4. The topological polar surface area (TPSA) is 26.3 Å². The molecule has 2 heterocycles. The van der Waals surface area contributed by atoms with Crippen LogP contribution in [0.15, 0.2) is 106 Å². The Hall–Kier alpha value is -3.40. The van der Waals surface area contributed by atoms with Crippen molar-refractivity contribution in [3.63, 3.8) is 0 Å². The maximum Gasteiger partial charge on any atom is -0.147 e. The number of halogens is 2. The van der Waals surface area contributed by atoms with Gasteiger partial charge in [-0.05, 0) is 0 Å². The smallest absolute Gasteiger partial charge is 0.147 e. The number of rotatable bonds is 7. The monoisotopic (exact) mass is 834 g/mol. The molecule has 2 nitrogen and oxygen atoms in total. The first kappa shape index (κ1) is 39.3. The fraction of sp³-hybridized carbons (Fsp3) is 0.234. The molecule has 2 aliphatic rings. The van der Waals surface area contributed by atoms with Crippen LogP contribution in [-0.2, 0) is 23.8 Å². The molecule has 0 fully saturated rings. The Balaban J connectivity index is 0.00000240. The van der Waals surface area contributed by atoms with Crippen LogP contribution >= 0.6 is 24.8 Å². The molecular formula is C47H50Cl2O2SiZr. The van der Waals surface area contributed by atoms with Gasteiger partial charge in [0.2, 0.25) is 0 Å². The third-order valence-corrected chi connectivity index (χ3v) is 29.2. The summed E-state index contributed by atoms with van der Waals surface area (Å²) in [5.41, 5.74) is 18.9. The zero-order chi connectivity index (χ0) is 35.8. The predicted molar refractivity (Wildman–Crippen MR) is 230 cm³/mol. The molecule has 0 saturated carbocycles. The summed E-state index contributed by atoms with van der Waals surface area (Å²) < 4.78 is 19.2. The fourth-order valence-corrected chi connectivity index (χ4v) is 27.8. The van der Waals surface area contributed by atoms with E-state index < -0.39 is 17.4 Å². The number of fused-ring (bicyclic) bond motifs is 2. The summed E-state index contributed by atoms with van der Waals surface area (Å²) in [5.74, 6) is 4.00. The van der Waals surface area contributed by atoms with Crippen molar-refractivity contribution in [2.75, 3.05) is 0 Å². The molecular weight excluding hydrogens is 787 g/mol. The van der Waals surface area contributed by atoms with E-state index in [2.05, 4.69) is 167 Å². The molecule has 2 unspecified atom stereocenters. The first-order valence-electron chi connectivity index (χ1n) is 18.4. The van der Waals surface area contributed by atoms with Crippen molar-refractivity contribution >= 4 is 55.0 Å². The van der Waals surface area contributed by atoms with Crippen molar-refractivity contribution in [1.29, 1.82) is 0 Å².